The highest BCUT2D eigenvalue weighted by atomic mass is 79.9. The zero-order valence-corrected chi connectivity index (χ0v) is 17.0. The summed E-state index contributed by atoms with van der Waals surface area (Å²) in [6.07, 6.45) is 2.33. The molecule has 1 aromatic carbocycles. The molecule has 130 valence electrons. The Morgan fingerprint density at radius 2 is 2.13 bits per heavy atom. The number of carbonyl (C=O) groups is 1. The maximum atomic E-state index is 12.5. The summed E-state index contributed by atoms with van der Waals surface area (Å²) in [6, 6.07) is 3.96. The monoisotopic (exact) mass is 450 g/mol. The van der Waals surface area contributed by atoms with Crippen LogP contribution in [-0.2, 0) is 0 Å². The highest BCUT2D eigenvalue weighted by Crippen LogP contribution is 2.34. The normalized spacial score (nSPS) is 17.5. The topological polar surface area (TPSA) is 50.8 Å². The molecule has 1 N–H and O–H groups in total. The number of nitrogens with one attached hydrogen (secondary N) is 1. The first-order chi connectivity index (χ1) is 10.6. The highest BCUT2D eigenvalue weighted by Gasteiger charge is 2.24. The zero-order chi connectivity index (χ0) is 16.1. The second-order valence-electron chi connectivity index (χ2n) is 5.32. The minimum Gasteiger partial charge on any atom is -0.493 e. The van der Waals surface area contributed by atoms with E-state index < -0.39 is 0 Å². The Morgan fingerprint density at radius 1 is 1.39 bits per heavy atom. The molecule has 5 nitrogen and oxygen atoms in total. The maximum Gasteiger partial charge on any atom is 0.255 e. The average Bonchev–Trinajstić information content (AvgIpc) is 2.99. The second kappa shape index (κ2) is 9.49. The van der Waals surface area contributed by atoms with Crippen LogP contribution in [0.5, 0.6) is 11.5 Å². The molecule has 0 spiro atoms. The number of likely N-dealkylation sites (tertiary alicyclic amines) is 1. The Bertz CT molecular complexity index is 540. The van der Waals surface area contributed by atoms with Gasteiger partial charge in [0.1, 0.15) is 0 Å². The molecule has 7 heteroatoms. The van der Waals surface area contributed by atoms with Crippen LogP contribution in [0.4, 0.5) is 0 Å². The molecule has 1 fully saturated rings. The number of carbonyl (C=O) groups excluding carboxylic acids is 1. The third-order valence-electron chi connectivity index (χ3n) is 4.09. The van der Waals surface area contributed by atoms with Gasteiger partial charge in [0.05, 0.1) is 19.8 Å². The van der Waals surface area contributed by atoms with Gasteiger partial charge in [-0.3, -0.25) is 9.69 Å². The summed E-state index contributed by atoms with van der Waals surface area (Å²) in [5.74, 6) is 0.861. The van der Waals surface area contributed by atoms with Crippen LogP contribution in [0.15, 0.2) is 16.6 Å². The van der Waals surface area contributed by atoms with Crippen molar-refractivity contribution < 1.29 is 14.3 Å². The third-order valence-corrected chi connectivity index (χ3v) is 4.55. The molecule has 23 heavy (non-hydrogen) atoms. The zero-order valence-electron chi connectivity index (χ0n) is 13.7. The molecule has 1 aromatic rings. The van der Waals surface area contributed by atoms with Crippen LogP contribution in [0, 0.1) is 0 Å². The van der Waals surface area contributed by atoms with Crippen LogP contribution in [0.3, 0.4) is 0 Å². The van der Waals surface area contributed by atoms with Crippen molar-refractivity contribution in [3.8, 4) is 11.5 Å². The van der Waals surface area contributed by atoms with E-state index in [9.17, 15) is 4.79 Å². The van der Waals surface area contributed by atoms with Crippen LogP contribution in [0.25, 0.3) is 0 Å². The molecular formula is C16H24Br2N2O3. The SMILES string of the molecule is Br.CCN1CCC[C@H]1CNC(=O)c1cc(Br)cc(OC)c1OC. The van der Waals surface area contributed by atoms with E-state index in [0.29, 0.717) is 29.6 Å². The van der Waals surface area contributed by atoms with Crippen LogP contribution in [-0.4, -0.2) is 50.7 Å². The van der Waals surface area contributed by atoms with Gasteiger partial charge < -0.3 is 14.8 Å². The number of halogens is 2. The highest BCUT2D eigenvalue weighted by molar-refractivity contribution is 9.10. The van der Waals surface area contributed by atoms with Crippen LogP contribution in [0.2, 0.25) is 0 Å². The molecule has 1 saturated heterocycles. The van der Waals surface area contributed by atoms with Crippen molar-refractivity contribution in [2.75, 3.05) is 33.9 Å². The van der Waals surface area contributed by atoms with Gasteiger partial charge >= 0.3 is 0 Å². The van der Waals surface area contributed by atoms with Gasteiger partial charge in [0, 0.05) is 17.1 Å². The Hall–Kier alpha value is -0.790. The summed E-state index contributed by atoms with van der Waals surface area (Å²) < 4.78 is 11.4. The van der Waals surface area contributed by atoms with Crippen molar-refractivity contribution in [1.29, 1.82) is 0 Å². The molecule has 1 aliphatic heterocycles. The van der Waals surface area contributed by atoms with Crippen LogP contribution >= 0.6 is 32.9 Å². The van der Waals surface area contributed by atoms with Gasteiger partial charge in [-0.15, -0.1) is 17.0 Å². The lowest BCUT2D eigenvalue weighted by atomic mass is 10.1. The van der Waals surface area contributed by atoms with E-state index in [-0.39, 0.29) is 22.9 Å². The lowest BCUT2D eigenvalue weighted by Crippen LogP contribution is -2.40. The van der Waals surface area contributed by atoms with Crippen molar-refractivity contribution >= 4 is 38.8 Å². The van der Waals surface area contributed by atoms with Gasteiger partial charge in [-0.2, -0.15) is 0 Å². The molecule has 0 aliphatic carbocycles. The second-order valence-corrected chi connectivity index (χ2v) is 6.24. The predicted molar refractivity (Wildman–Crippen MR) is 100 cm³/mol. The summed E-state index contributed by atoms with van der Waals surface area (Å²) >= 11 is 3.40. The van der Waals surface area contributed by atoms with Crippen LogP contribution in [0.1, 0.15) is 30.1 Å². The van der Waals surface area contributed by atoms with Crippen molar-refractivity contribution in [2.45, 2.75) is 25.8 Å². The lowest BCUT2D eigenvalue weighted by molar-refractivity contribution is 0.0937. The number of hydrogen-bond donors (Lipinski definition) is 1. The van der Waals surface area contributed by atoms with Gasteiger partial charge in [-0.25, -0.2) is 0 Å². The molecule has 0 saturated carbocycles. The van der Waals surface area contributed by atoms with E-state index in [1.54, 1.807) is 26.4 Å². The quantitative estimate of drug-likeness (QED) is 0.721. The molecule has 0 radical (unpaired) electrons. The van der Waals surface area contributed by atoms with E-state index >= 15 is 0 Å². The smallest absolute Gasteiger partial charge is 0.255 e. The standard InChI is InChI=1S/C16H23BrN2O3.BrH/c1-4-19-7-5-6-12(19)10-18-16(20)13-8-11(17)9-14(21-2)15(13)22-3;/h8-9,12H,4-7,10H2,1-3H3,(H,18,20);1H/t12-;/m0./s1. The summed E-state index contributed by atoms with van der Waals surface area (Å²) in [4.78, 5) is 14.9. The van der Waals surface area contributed by atoms with Crippen molar-refractivity contribution in [2.24, 2.45) is 0 Å². The van der Waals surface area contributed by atoms with E-state index in [1.165, 1.54) is 6.42 Å². The molecule has 1 heterocycles. The predicted octanol–water partition coefficient (Wildman–Crippen LogP) is 3.26. The minimum atomic E-state index is -0.139. The van der Waals surface area contributed by atoms with Gasteiger partial charge in [0.15, 0.2) is 11.5 Å². The first-order valence-corrected chi connectivity index (χ1v) is 8.33. The first-order valence-electron chi connectivity index (χ1n) is 7.54. The summed E-state index contributed by atoms with van der Waals surface area (Å²) in [6.45, 7) is 4.95. The molecule has 1 amide bonds. The lowest BCUT2D eigenvalue weighted by Gasteiger charge is -2.23. The third kappa shape index (κ3) is 4.84. The molecule has 0 unspecified atom stereocenters. The molecule has 1 atom stereocenters. The average molecular weight is 452 g/mol. The van der Waals surface area contributed by atoms with E-state index in [1.807, 2.05) is 0 Å². The molecule has 1 aliphatic rings. The number of ether oxygens (including phenoxy) is 2. The number of likely N-dealkylation sites (N-methyl/N-ethyl adjacent to an activating group) is 1. The fourth-order valence-electron chi connectivity index (χ4n) is 2.95. The number of nitrogens with zero attached hydrogens (tertiary/aromatic N) is 1. The Morgan fingerprint density at radius 3 is 2.74 bits per heavy atom. The van der Waals surface area contributed by atoms with Gasteiger partial charge in [0.2, 0.25) is 0 Å². The Balaban J connectivity index is 0.00000264. The number of benzene rings is 1. The van der Waals surface area contributed by atoms with Crippen molar-refractivity contribution in [3.63, 3.8) is 0 Å². The number of hydrogen-bond acceptors (Lipinski definition) is 4. The fraction of sp³-hybridized carbons (Fsp3) is 0.562. The molecule has 0 bridgehead atoms. The van der Waals surface area contributed by atoms with Crippen LogP contribution < -0.4 is 14.8 Å². The first kappa shape index (κ1) is 20.3. The number of rotatable bonds is 6. The van der Waals surface area contributed by atoms with Crippen molar-refractivity contribution in [1.82, 2.24) is 10.2 Å². The van der Waals surface area contributed by atoms with E-state index in [0.717, 1.165) is 24.0 Å². The van der Waals surface area contributed by atoms with Gasteiger partial charge in [-0.1, -0.05) is 22.9 Å². The minimum absolute atomic E-state index is 0. The summed E-state index contributed by atoms with van der Waals surface area (Å²) in [7, 11) is 3.10. The Kier molecular flexibility index (Phi) is 8.36. The summed E-state index contributed by atoms with van der Waals surface area (Å²) in [5.41, 5.74) is 0.481. The van der Waals surface area contributed by atoms with Gasteiger partial charge in [-0.05, 0) is 38.1 Å². The molecule has 2 rings (SSSR count). The van der Waals surface area contributed by atoms with E-state index in [4.69, 9.17) is 9.47 Å². The number of amides is 1. The van der Waals surface area contributed by atoms with E-state index in [2.05, 4.69) is 33.1 Å². The van der Waals surface area contributed by atoms with Gasteiger partial charge in [0.25, 0.3) is 5.91 Å². The molecular weight excluding hydrogens is 428 g/mol. The number of methoxy groups -OCH3 is 2. The summed E-state index contributed by atoms with van der Waals surface area (Å²) in [5, 5.41) is 3.02. The fourth-order valence-corrected chi connectivity index (χ4v) is 3.38. The van der Waals surface area contributed by atoms with Crippen molar-refractivity contribution in [3.05, 3.63) is 22.2 Å². The molecule has 0 aromatic heterocycles. The maximum absolute atomic E-state index is 12.5. The Labute approximate surface area is 156 Å². The largest absolute Gasteiger partial charge is 0.493 e.